The molecule has 0 spiro atoms. The van der Waals surface area contributed by atoms with Crippen molar-refractivity contribution in [2.75, 3.05) is 13.1 Å². The summed E-state index contributed by atoms with van der Waals surface area (Å²) in [5.41, 5.74) is 1.16. The number of benzene rings is 1. The third-order valence-electron chi connectivity index (χ3n) is 2.84. The maximum absolute atomic E-state index is 10.6. The normalized spacial score (nSPS) is 18.6. The molecule has 0 amide bonds. The molecule has 1 aromatic carbocycles. The number of carbonyl (C=O) groups excluding carboxylic acids is 1. The van der Waals surface area contributed by atoms with Crippen molar-refractivity contribution in [3.8, 4) is 0 Å². The summed E-state index contributed by atoms with van der Waals surface area (Å²) in [6.07, 6.45) is 1.56. The maximum Gasteiger partial charge on any atom is 0.120 e. The molecule has 2 rings (SSSR count). The molecule has 1 aliphatic heterocycles. The van der Waals surface area contributed by atoms with Crippen molar-refractivity contribution in [3.63, 3.8) is 0 Å². The molecule has 2 nitrogen and oxygen atoms in total. The van der Waals surface area contributed by atoms with Crippen LogP contribution in [0.2, 0.25) is 5.02 Å². The van der Waals surface area contributed by atoms with E-state index >= 15 is 0 Å². The van der Waals surface area contributed by atoms with Gasteiger partial charge < -0.3 is 10.1 Å². The number of carbonyl (C=O) groups is 1. The molecule has 74 valence electrons. The lowest BCUT2D eigenvalue weighted by Crippen LogP contribution is -2.56. The predicted octanol–water partition coefficient (Wildman–Crippen LogP) is 1.77. The van der Waals surface area contributed by atoms with Crippen LogP contribution in [0.4, 0.5) is 0 Å². The first-order valence-electron chi connectivity index (χ1n) is 4.67. The Morgan fingerprint density at radius 2 is 2.29 bits per heavy atom. The van der Waals surface area contributed by atoms with Gasteiger partial charge in [0.25, 0.3) is 0 Å². The van der Waals surface area contributed by atoms with Gasteiger partial charge in [-0.15, -0.1) is 0 Å². The molecule has 3 heteroatoms. The molecule has 0 aliphatic carbocycles. The largest absolute Gasteiger partial charge is 0.315 e. The van der Waals surface area contributed by atoms with E-state index in [2.05, 4.69) is 5.32 Å². The zero-order valence-corrected chi connectivity index (χ0v) is 8.55. The zero-order chi connectivity index (χ0) is 10.0. The van der Waals surface area contributed by atoms with E-state index in [4.69, 9.17) is 11.6 Å². The SMILES string of the molecule is O=CCC1(c2cccc(Cl)c2)CNC1. The van der Waals surface area contributed by atoms with Gasteiger partial charge in [0.15, 0.2) is 0 Å². The van der Waals surface area contributed by atoms with Gasteiger partial charge in [0.05, 0.1) is 0 Å². The van der Waals surface area contributed by atoms with Gasteiger partial charge >= 0.3 is 0 Å². The van der Waals surface area contributed by atoms with E-state index in [1.807, 2.05) is 24.3 Å². The van der Waals surface area contributed by atoms with Crippen LogP contribution < -0.4 is 5.32 Å². The number of nitrogens with one attached hydrogen (secondary N) is 1. The number of hydrogen-bond acceptors (Lipinski definition) is 2. The molecular formula is C11H12ClNO. The average Bonchev–Trinajstić information content (AvgIpc) is 2.11. The Hall–Kier alpha value is -0.860. The van der Waals surface area contributed by atoms with Crippen molar-refractivity contribution in [1.29, 1.82) is 0 Å². The van der Waals surface area contributed by atoms with Gasteiger partial charge in [0.1, 0.15) is 6.29 Å². The van der Waals surface area contributed by atoms with Gasteiger partial charge in [-0.05, 0) is 17.7 Å². The highest BCUT2D eigenvalue weighted by Crippen LogP contribution is 2.32. The van der Waals surface area contributed by atoms with Crippen LogP contribution in [0.5, 0.6) is 0 Å². The Morgan fingerprint density at radius 1 is 1.50 bits per heavy atom. The molecule has 14 heavy (non-hydrogen) atoms. The number of hydrogen-bond donors (Lipinski definition) is 1. The van der Waals surface area contributed by atoms with E-state index in [1.54, 1.807) is 0 Å². The molecule has 0 unspecified atom stereocenters. The van der Waals surface area contributed by atoms with E-state index in [1.165, 1.54) is 0 Å². The lowest BCUT2D eigenvalue weighted by molar-refractivity contribution is -0.109. The van der Waals surface area contributed by atoms with Gasteiger partial charge in [-0.2, -0.15) is 0 Å². The van der Waals surface area contributed by atoms with Crippen molar-refractivity contribution in [2.24, 2.45) is 0 Å². The van der Waals surface area contributed by atoms with Crippen LogP contribution in [0.15, 0.2) is 24.3 Å². The smallest absolute Gasteiger partial charge is 0.120 e. The summed E-state index contributed by atoms with van der Waals surface area (Å²) in [7, 11) is 0. The number of rotatable bonds is 3. The Labute approximate surface area is 88.3 Å². The summed E-state index contributed by atoms with van der Waals surface area (Å²) in [6, 6.07) is 7.77. The second kappa shape index (κ2) is 3.71. The highest BCUT2D eigenvalue weighted by atomic mass is 35.5. The van der Waals surface area contributed by atoms with Crippen LogP contribution in [-0.2, 0) is 10.2 Å². The Bertz CT molecular complexity index is 347. The minimum Gasteiger partial charge on any atom is -0.315 e. The first kappa shape index (κ1) is 9.69. The van der Waals surface area contributed by atoms with E-state index in [0.717, 1.165) is 30.0 Å². The summed E-state index contributed by atoms with van der Waals surface area (Å²) in [5, 5.41) is 3.94. The summed E-state index contributed by atoms with van der Waals surface area (Å²) in [4.78, 5) is 10.6. The molecule has 0 saturated carbocycles. The molecular weight excluding hydrogens is 198 g/mol. The van der Waals surface area contributed by atoms with E-state index in [-0.39, 0.29) is 5.41 Å². The van der Waals surface area contributed by atoms with Crippen LogP contribution in [0.25, 0.3) is 0 Å². The quantitative estimate of drug-likeness (QED) is 0.769. The van der Waals surface area contributed by atoms with Gasteiger partial charge in [0.2, 0.25) is 0 Å². The minimum absolute atomic E-state index is 0.00729. The third-order valence-corrected chi connectivity index (χ3v) is 3.07. The molecule has 1 aliphatic rings. The van der Waals surface area contributed by atoms with E-state index in [0.29, 0.717) is 6.42 Å². The lowest BCUT2D eigenvalue weighted by atomic mass is 9.73. The molecule has 1 heterocycles. The van der Waals surface area contributed by atoms with Gasteiger partial charge in [0, 0.05) is 29.9 Å². The van der Waals surface area contributed by atoms with E-state index < -0.39 is 0 Å². The number of aldehydes is 1. The molecule has 0 atom stereocenters. The van der Waals surface area contributed by atoms with Crippen LogP contribution in [0.1, 0.15) is 12.0 Å². The summed E-state index contributed by atoms with van der Waals surface area (Å²) in [5.74, 6) is 0. The van der Waals surface area contributed by atoms with Crippen LogP contribution in [0, 0.1) is 0 Å². The van der Waals surface area contributed by atoms with Crippen molar-refractivity contribution in [3.05, 3.63) is 34.9 Å². The fourth-order valence-corrected chi connectivity index (χ4v) is 2.06. The summed E-state index contributed by atoms with van der Waals surface area (Å²) >= 11 is 5.92. The monoisotopic (exact) mass is 209 g/mol. The molecule has 1 saturated heterocycles. The fraction of sp³-hybridized carbons (Fsp3) is 0.364. The van der Waals surface area contributed by atoms with Crippen LogP contribution in [-0.4, -0.2) is 19.4 Å². The second-order valence-corrected chi connectivity index (χ2v) is 4.20. The average molecular weight is 210 g/mol. The predicted molar refractivity (Wildman–Crippen MR) is 56.7 cm³/mol. The number of halogens is 1. The van der Waals surface area contributed by atoms with Gasteiger partial charge in [-0.3, -0.25) is 0 Å². The van der Waals surface area contributed by atoms with Crippen LogP contribution >= 0.6 is 11.6 Å². The van der Waals surface area contributed by atoms with Crippen molar-refractivity contribution in [1.82, 2.24) is 5.32 Å². The Kier molecular flexibility index (Phi) is 2.57. The molecule has 0 radical (unpaired) electrons. The Morgan fingerprint density at radius 3 is 2.79 bits per heavy atom. The topological polar surface area (TPSA) is 29.1 Å². The zero-order valence-electron chi connectivity index (χ0n) is 7.79. The Balaban J connectivity index is 2.31. The van der Waals surface area contributed by atoms with Crippen molar-refractivity contribution in [2.45, 2.75) is 11.8 Å². The fourth-order valence-electron chi connectivity index (χ4n) is 1.87. The lowest BCUT2D eigenvalue weighted by Gasteiger charge is -2.42. The molecule has 0 bridgehead atoms. The highest BCUT2D eigenvalue weighted by Gasteiger charge is 2.38. The minimum atomic E-state index is -0.00729. The first-order chi connectivity index (χ1) is 6.77. The third kappa shape index (κ3) is 1.56. The summed E-state index contributed by atoms with van der Waals surface area (Å²) in [6.45, 7) is 1.73. The maximum atomic E-state index is 10.6. The highest BCUT2D eigenvalue weighted by molar-refractivity contribution is 6.30. The molecule has 1 fully saturated rings. The second-order valence-electron chi connectivity index (χ2n) is 3.77. The standard InChI is InChI=1S/C11H12ClNO/c12-10-3-1-2-9(6-10)11(4-5-14)7-13-8-11/h1-3,5-6,13H,4,7-8H2. The van der Waals surface area contributed by atoms with Gasteiger partial charge in [-0.25, -0.2) is 0 Å². The molecule has 0 aromatic heterocycles. The van der Waals surface area contributed by atoms with Gasteiger partial charge in [-0.1, -0.05) is 23.7 Å². The van der Waals surface area contributed by atoms with Crippen LogP contribution in [0.3, 0.4) is 0 Å². The van der Waals surface area contributed by atoms with Crippen molar-refractivity contribution >= 4 is 17.9 Å². The molecule has 1 aromatic rings. The first-order valence-corrected chi connectivity index (χ1v) is 5.05. The van der Waals surface area contributed by atoms with Crippen molar-refractivity contribution < 1.29 is 4.79 Å². The van der Waals surface area contributed by atoms with E-state index in [9.17, 15) is 4.79 Å². The molecule has 1 N–H and O–H groups in total. The summed E-state index contributed by atoms with van der Waals surface area (Å²) < 4.78 is 0.